The minimum atomic E-state index is 0.232. The van der Waals surface area contributed by atoms with E-state index < -0.39 is 0 Å². The summed E-state index contributed by atoms with van der Waals surface area (Å²) < 4.78 is 0. The lowest BCUT2D eigenvalue weighted by Crippen LogP contribution is -2.18. The second-order valence-corrected chi connectivity index (χ2v) is 4.47. The molecule has 2 rings (SSSR count). The first-order valence-electron chi connectivity index (χ1n) is 5.47. The molecule has 1 unspecified atom stereocenters. The third-order valence-corrected chi connectivity index (χ3v) is 3.30. The number of carbonyl (C=O) groups is 1. The van der Waals surface area contributed by atoms with Gasteiger partial charge in [-0.2, -0.15) is 5.10 Å². The molecule has 0 aliphatic heterocycles. The number of aromatic nitrogens is 2. The van der Waals surface area contributed by atoms with E-state index in [-0.39, 0.29) is 11.7 Å². The smallest absolute Gasteiger partial charge is 0.159 e. The van der Waals surface area contributed by atoms with E-state index in [2.05, 4.69) is 16.8 Å². The Kier molecular flexibility index (Phi) is 2.77. The van der Waals surface area contributed by atoms with Crippen molar-refractivity contribution in [3.05, 3.63) is 35.7 Å². The van der Waals surface area contributed by atoms with Gasteiger partial charge < -0.3 is 0 Å². The van der Waals surface area contributed by atoms with Gasteiger partial charge in [-0.15, -0.1) is 0 Å². The number of nitrogens with one attached hydrogen (secondary N) is 1. The molecule has 0 spiro atoms. The van der Waals surface area contributed by atoms with E-state index in [1.165, 1.54) is 0 Å². The summed E-state index contributed by atoms with van der Waals surface area (Å²) in [5.74, 6) is 0.511. The molecular formula is C13H16N2O. The maximum Gasteiger partial charge on any atom is 0.159 e. The van der Waals surface area contributed by atoms with Crippen LogP contribution in [-0.2, 0) is 4.79 Å². The molecular weight excluding hydrogens is 200 g/mol. The van der Waals surface area contributed by atoms with Crippen LogP contribution >= 0.6 is 0 Å². The standard InChI is InChI=1S/C13H16N2O/c1-8(2)10-4-12(9(3)13(16)5-10)11-6-14-15-7-11/h6-7,10H,1,4-5H2,2-3H3,(H,14,15). The fourth-order valence-corrected chi connectivity index (χ4v) is 2.12. The summed E-state index contributed by atoms with van der Waals surface area (Å²) in [6.45, 7) is 7.85. The van der Waals surface area contributed by atoms with Crippen LogP contribution in [0.3, 0.4) is 0 Å². The number of Topliss-reactive ketones (excluding diaryl/α,β-unsaturated/α-hetero) is 1. The SMILES string of the molecule is C=C(C)C1CC(=O)C(C)=C(c2cn[nH]c2)C1. The molecule has 1 aromatic rings. The number of H-pyrrole nitrogens is 1. The lowest BCUT2D eigenvalue weighted by Gasteiger charge is -2.24. The molecule has 1 N–H and O–H groups in total. The molecule has 0 saturated heterocycles. The van der Waals surface area contributed by atoms with Crippen molar-refractivity contribution >= 4 is 11.4 Å². The maximum absolute atomic E-state index is 11.9. The molecule has 0 bridgehead atoms. The summed E-state index contributed by atoms with van der Waals surface area (Å²) in [6.07, 6.45) is 5.11. The first-order chi connectivity index (χ1) is 7.59. The number of nitrogens with zero attached hydrogens (tertiary/aromatic N) is 1. The Morgan fingerprint density at radius 2 is 2.31 bits per heavy atom. The van der Waals surface area contributed by atoms with E-state index in [0.29, 0.717) is 6.42 Å². The largest absolute Gasteiger partial charge is 0.295 e. The van der Waals surface area contributed by atoms with Gasteiger partial charge in [0.1, 0.15) is 0 Å². The van der Waals surface area contributed by atoms with Crippen molar-refractivity contribution in [3.8, 4) is 0 Å². The van der Waals surface area contributed by atoms with Crippen molar-refractivity contribution in [1.82, 2.24) is 10.2 Å². The molecule has 1 aromatic heterocycles. The number of ketones is 1. The Labute approximate surface area is 95.3 Å². The van der Waals surface area contributed by atoms with Gasteiger partial charge in [0.25, 0.3) is 0 Å². The van der Waals surface area contributed by atoms with Crippen LogP contribution in [0.15, 0.2) is 30.1 Å². The quantitative estimate of drug-likeness (QED) is 0.772. The maximum atomic E-state index is 11.9. The third-order valence-electron chi connectivity index (χ3n) is 3.30. The van der Waals surface area contributed by atoms with Crippen molar-refractivity contribution in [2.45, 2.75) is 26.7 Å². The van der Waals surface area contributed by atoms with E-state index in [1.807, 2.05) is 20.0 Å². The predicted octanol–water partition coefficient (Wildman–Crippen LogP) is 2.74. The van der Waals surface area contributed by atoms with Gasteiger partial charge in [-0.1, -0.05) is 12.2 Å². The summed E-state index contributed by atoms with van der Waals surface area (Å²) in [5.41, 5.74) is 4.09. The van der Waals surface area contributed by atoms with Gasteiger partial charge in [0, 0.05) is 18.2 Å². The average Bonchev–Trinajstić information content (AvgIpc) is 2.74. The number of aromatic amines is 1. The summed E-state index contributed by atoms with van der Waals surface area (Å²) in [4.78, 5) is 11.9. The van der Waals surface area contributed by atoms with E-state index in [4.69, 9.17) is 0 Å². The fraction of sp³-hybridized carbons (Fsp3) is 0.385. The van der Waals surface area contributed by atoms with Gasteiger partial charge in [-0.25, -0.2) is 0 Å². The Morgan fingerprint density at radius 3 is 2.88 bits per heavy atom. The van der Waals surface area contributed by atoms with Gasteiger partial charge in [0.2, 0.25) is 0 Å². The minimum absolute atomic E-state index is 0.232. The van der Waals surface area contributed by atoms with Crippen molar-refractivity contribution in [3.63, 3.8) is 0 Å². The second-order valence-electron chi connectivity index (χ2n) is 4.47. The normalized spacial score (nSPS) is 21.4. The topological polar surface area (TPSA) is 45.8 Å². The predicted molar refractivity (Wildman–Crippen MR) is 63.7 cm³/mol. The van der Waals surface area contributed by atoms with Gasteiger partial charge >= 0.3 is 0 Å². The summed E-state index contributed by atoms with van der Waals surface area (Å²) in [7, 11) is 0. The number of carbonyl (C=O) groups excluding carboxylic acids is 1. The van der Waals surface area contributed by atoms with Crippen molar-refractivity contribution in [2.24, 2.45) is 5.92 Å². The number of hydrogen-bond acceptors (Lipinski definition) is 2. The van der Waals surface area contributed by atoms with Gasteiger partial charge in [0.05, 0.1) is 6.20 Å². The summed E-state index contributed by atoms with van der Waals surface area (Å²) in [6, 6.07) is 0. The molecule has 0 saturated carbocycles. The van der Waals surface area contributed by atoms with Crippen LogP contribution in [-0.4, -0.2) is 16.0 Å². The van der Waals surface area contributed by atoms with Crippen LogP contribution in [0.1, 0.15) is 32.3 Å². The van der Waals surface area contributed by atoms with Crippen molar-refractivity contribution in [1.29, 1.82) is 0 Å². The second kappa shape index (κ2) is 4.08. The molecule has 0 fully saturated rings. The van der Waals surface area contributed by atoms with Crippen LogP contribution in [0.4, 0.5) is 0 Å². The molecule has 3 nitrogen and oxygen atoms in total. The molecule has 3 heteroatoms. The molecule has 16 heavy (non-hydrogen) atoms. The van der Waals surface area contributed by atoms with Crippen molar-refractivity contribution < 1.29 is 4.79 Å². The molecule has 0 aromatic carbocycles. The first kappa shape index (κ1) is 10.9. The Morgan fingerprint density at radius 1 is 1.56 bits per heavy atom. The lowest BCUT2D eigenvalue weighted by atomic mass is 9.79. The highest BCUT2D eigenvalue weighted by Gasteiger charge is 2.26. The van der Waals surface area contributed by atoms with Gasteiger partial charge in [-0.05, 0) is 37.3 Å². The highest BCUT2D eigenvalue weighted by molar-refractivity contribution is 6.03. The van der Waals surface area contributed by atoms with Crippen LogP contribution in [0.25, 0.3) is 5.57 Å². The highest BCUT2D eigenvalue weighted by Crippen LogP contribution is 2.36. The zero-order chi connectivity index (χ0) is 11.7. The molecule has 1 atom stereocenters. The van der Waals surface area contributed by atoms with Gasteiger partial charge in [-0.3, -0.25) is 9.89 Å². The van der Waals surface area contributed by atoms with Gasteiger partial charge in [0.15, 0.2) is 5.78 Å². The van der Waals surface area contributed by atoms with E-state index >= 15 is 0 Å². The Bertz CT molecular complexity index is 454. The molecule has 84 valence electrons. The molecule has 1 heterocycles. The van der Waals surface area contributed by atoms with Crippen LogP contribution in [0.5, 0.6) is 0 Å². The highest BCUT2D eigenvalue weighted by atomic mass is 16.1. The summed E-state index contributed by atoms with van der Waals surface area (Å²) in [5, 5.41) is 6.72. The Balaban J connectivity index is 2.38. The van der Waals surface area contributed by atoms with Crippen LogP contribution < -0.4 is 0 Å². The number of allylic oxidation sites excluding steroid dienone is 3. The molecule has 0 amide bonds. The van der Waals surface area contributed by atoms with Crippen LogP contribution in [0.2, 0.25) is 0 Å². The zero-order valence-corrected chi connectivity index (χ0v) is 9.71. The number of hydrogen-bond donors (Lipinski definition) is 1. The van der Waals surface area contributed by atoms with E-state index in [9.17, 15) is 4.79 Å². The lowest BCUT2D eigenvalue weighted by molar-refractivity contribution is -0.116. The van der Waals surface area contributed by atoms with Crippen molar-refractivity contribution in [2.75, 3.05) is 0 Å². The first-order valence-corrected chi connectivity index (χ1v) is 5.47. The fourth-order valence-electron chi connectivity index (χ4n) is 2.12. The zero-order valence-electron chi connectivity index (χ0n) is 9.71. The third kappa shape index (κ3) is 1.85. The molecule has 1 aliphatic carbocycles. The molecule has 1 aliphatic rings. The minimum Gasteiger partial charge on any atom is -0.295 e. The Hall–Kier alpha value is -1.64. The monoisotopic (exact) mass is 216 g/mol. The van der Waals surface area contributed by atoms with Crippen LogP contribution in [0, 0.1) is 5.92 Å². The molecule has 0 radical (unpaired) electrons. The van der Waals surface area contributed by atoms with E-state index in [0.717, 1.165) is 28.7 Å². The van der Waals surface area contributed by atoms with E-state index in [1.54, 1.807) is 6.20 Å². The summed E-state index contributed by atoms with van der Waals surface area (Å²) >= 11 is 0. The average molecular weight is 216 g/mol. The number of rotatable bonds is 2.